The van der Waals surface area contributed by atoms with Gasteiger partial charge in [0.15, 0.2) is 0 Å². The lowest BCUT2D eigenvalue weighted by Gasteiger charge is -2.27. The summed E-state index contributed by atoms with van der Waals surface area (Å²) in [5.41, 5.74) is 1.22. The van der Waals surface area contributed by atoms with Gasteiger partial charge in [-0.3, -0.25) is 9.59 Å². The third-order valence-corrected chi connectivity index (χ3v) is 5.67. The molecule has 27 heavy (non-hydrogen) atoms. The van der Waals surface area contributed by atoms with Gasteiger partial charge in [0, 0.05) is 37.9 Å². The maximum Gasteiger partial charge on any atom is 0.223 e. The van der Waals surface area contributed by atoms with Gasteiger partial charge in [0.05, 0.1) is 6.54 Å². The first-order valence-corrected chi connectivity index (χ1v) is 9.86. The van der Waals surface area contributed by atoms with Crippen LogP contribution in [0.5, 0.6) is 5.75 Å². The fourth-order valence-corrected chi connectivity index (χ4v) is 3.87. The maximum atomic E-state index is 12.8. The van der Waals surface area contributed by atoms with Gasteiger partial charge < -0.3 is 14.5 Å². The van der Waals surface area contributed by atoms with Crippen LogP contribution >= 0.6 is 11.3 Å². The first-order chi connectivity index (χ1) is 13.0. The van der Waals surface area contributed by atoms with E-state index in [0.29, 0.717) is 25.4 Å². The highest BCUT2D eigenvalue weighted by atomic mass is 32.1. The number of rotatable bonds is 7. The Bertz CT molecular complexity index is 791. The van der Waals surface area contributed by atoms with Gasteiger partial charge in [0.25, 0.3) is 0 Å². The van der Waals surface area contributed by atoms with Gasteiger partial charge in [-0.05, 0) is 47.7 Å². The number of amides is 2. The van der Waals surface area contributed by atoms with Crippen LogP contribution in [0.25, 0.3) is 0 Å². The normalized spacial score (nSPS) is 13.2. The van der Waals surface area contributed by atoms with E-state index >= 15 is 0 Å². The summed E-state index contributed by atoms with van der Waals surface area (Å²) in [7, 11) is 1.69. The molecule has 2 heterocycles. The van der Waals surface area contributed by atoms with Crippen molar-refractivity contribution in [2.45, 2.75) is 25.8 Å². The molecule has 0 spiro atoms. The van der Waals surface area contributed by atoms with E-state index < -0.39 is 0 Å². The van der Waals surface area contributed by atoms with E-state index in [0.717, 1.165) is 13.0 Å². The molecule has 0 atom stereocenters. The molecule has 1 aliphatic heterocycles. The quantitative estimate of drug-likeness (QED) is 0.730. The van der Waals surface area contributed by atoms with Crippen LogP contribution in [0.2, 0.25) is 0 Å². The lowest BCUT2D eigenvalue weighted by Crippen LogP contribution is -2.36. The molecule has 0 N–H and O–H groups in total. The van der Waals surface area contributed by atoms with Gasteiger partial charge in [-0.15, -0.1) is 11.3 Å². The second kappa shape index (κ2) is 8.99. The largest absolute Gasteiger partial charge is 0.492 e. The Hall–Kier alpha value is -2.41. The van der Waals surface area contributed by atoms with Crippen LogP contribution in [0.4, 0.5) is 4.39 Å². The number of fused-ring (bicyclic) bond motifs is 1. The van der Waals surface area contributed by atoms with Crippen molar-refractivity contribution in [2.75, 3.05) is 26.7 Å². The molecule has 0 radical (unpaired) electrons. The van der Waals surface area contributed by atoms with Crippen molar-refractivity contribution in [3.05, 3.63) is 52.0 Å². The number of likely N-dealkylation sites (N-methyl/N-ethyl adjacent to an activating group) is 1. The van der Waals surface area contributed by atoms with E-state index in [1.165, 1.54) is 22.6 Å². The number of benzene rings is 1. The monoisotopic (exact) mass is 390 g/mol. The topological polar surface area (TPSA) is 49.9 Å². The minimum absolute atomic E-state index is 0.0242. The number of ether oxygens (including phenoxy) is 1. The smallest absolute Gasteiger partial charge is 0.223 e. The van der Waals surface area contributed by atoms with Crippen molar-refractivity contribution < 1.29 is 18.7 Å². The van der Waals surface area contributed by atoms with Crippen LogP contribution in [0.1, 0.15) is 23.3 Å². The van der Waals surface area contributed by atoms with E-state index in [-0.39, 0.29) is 30.5 Å². The third kappa shape index (κ3) is 5.29. The first-order valence-electron chi connectivity index (χ1n) is 8.98. The van der Waals surface area contributed by atoms with E-state index in [1.807, 2.05) is 4.90 Å². The molecular weight excluding hydrogens is 367 g/mol. The molecule has 2 amide bonds. The summed E-state index contributed by atoms with van der Waals surface area (Å²) in [5, 5.41) is 2.06. The molecule has 5 nitrogen and oxygen atoms in total. The van der Waals surface area contributed by atoms with Gasteiger partial charge in [-0.2, -0.15) is 0 Å². The minimum atomic E-state index is -0.316. The highest BCUT2D eigenvalue weighted by Gasteiger charge is 2.22. The van der Waals surface area contributed by atoms with E-state index in [4.69, 9.17) is 4.74 Å². The maximum absolute atomic E-state index is 12.8. The minimum Gasteiger partial charge on any atom is -0.492 e. The first kappa shape index (κ1) is 19.4. The molecule has 1 aromatic carbocycles. The van der Waals surface area contributed by atoms with Crippen molar-refractivity contribution >= 4 is 23.2 Å². The second-order valence-corrected chi connectivity index (χ2v) is 7.55. The Morgan fingerprint density at radius 3 is 2.78 bits per heavy atom. The molecule has 0 fully saturated rings. The molecule has 1 aromatic heterocycles. The zero-order valence-electron chi connectivity index (χ0n) is 15.3. The van der Waals surface area contributed by atoms with Gasteiger partial charge >= 0.3 is 0 Å². The number of hydrogen-bond acceptors (Lipinski definition) is 4. The molecule has 0 bridgehead atoms. The molecular formula is C20H23FN2O3S. The number of thiophene rings is 1. The van der Waals surface area contributed by atoms with Gasteiger partial charge in [-0.25, -0.2) is 4.39 Å². The summed E-state index contributed by atoms with van der Waals surface area (Å²) in [6.45, 7) is 2.09. The number of hydrogen-bond donors (Lipinski definition) is 0. The molecule has 3 rings (SSSR count). The lowest BCUT2D eigenvalue weighted by atomic mass is 10.1. The van der Waals surface area contributed by atoms with Crippen LogP contribution in [-0.4, -0.2) is 48.4 Å². The van der Waals surface area contributed by atoms with Crippen molar-refractivity contribution in [2.24, 2.45) is 0 Å². The predicted molar refractivity (Wildman–Crippen MR) is 102 cm³/mol. The molecule has 1 aliphatic rings. The average Bonchev–Trinajstić information content (AvgIpc) is 3.15. The summed E-state index contributed by atoms with van der Waals surface area (Å²) >= 11 is 1.74. The third-order valence-electron chi connectivity index (χ3n) is 4.65. The van der Waals surface area contributed by atoms with E-state index in [1.54, 1.807) is 35.4 Å². The average molecular weight is 390 g/mol. The molecule has 7 heteroatoms. The SMILES string of the molecule is CN(CCOc1ccc(F)cc1)C(=O)CCC(=O)N1CCc2sccc2C1. The van der Waals surface area contributed by atoms with E-state index in [2.05, 4.69) is 11.4 Å². The van der Waals surface area contributed by atoms with Crippen molar-refractivity contribution in [3.63, 3.8) is 0 Å². The fourth-order valence-electron chi connectivity index (χ4n) is 2.98. The summed E-state index contributed by atoms with van der Waals surface area (Å²) < 4.78 is 18.3. The summed E-state index contributed by atoms with van der Waals surface area (Å²) in [6.07, 6.45) is 1.31. The van der Waals surface area contributed by atoms with Crippen molar-refractivity contribution in [1.82, 2.24) is 9.80 Å². The molecule has 2 aromatic rings. The molecule has 0 aliphatic carbocycles. The Morgan fingerprint density at radius 2 is 2.00 bits per heavy atom. The highest BCUT2D eigenvalue weighted by molar-refractivity contribution is 7.10. The molecule has 144 valence electrons. The van der Waals surface area contributed by atoms with Crippen LogP contribution in [0, 0.1) is 5.82 Å². The fraction of sp³-hybridized carbons (Fsp3) is 0.400. The van der Waals surface area contributed by atoms with Crippen molar-refractivity contribution in [3.8, 4) is 5.75 Å². The Kier molecular flexibility index (Phi) is 6.45. The summed E-state index contributed by atoms with van der Waals surface area (Å²) in [5.74, 6) is 0.184. The lowest BCUT2D eigenvalue weighted by molar-refractivity contribution is -0.137. The number of carbonyl (C=O) groups is 2. The van der Waals surface area contributed by atoms with Crippen LogP contribution in [0.15, 0.2) is 35.7 Å². The van der Waals surface area contributed by atoms with E-state index in [9.17, 15) is 14.0 Å². The molecule has 0 saturated carbocycles. The number of halogens is 1. The zero-order chi connectivity index (χ0) is 19.2. The molecule has 0 saturated heterocycles. The Morgan fingerprint density at radius 1 is 1.22 bits per heavy atom. The Balaban J connectivity index is 1.37. The summed E-state index contributed by atoms with van der Waals surface area (Å²) in [4.78, 5) is 29.4. The van der Waals surface area contributed by atoms with Crippen LogP contribution in [-0.2, 0) is 22.6 Å². The number of nitrogens with zero attached hydrogens (tertiary/aromatic N) is 2. The van der Waals surface area contributed by atoms with Gasteiger partial charge in [0.2, 0.25) is 11.8 Å². The highest BCUT2D eigenvalue weighted by Crippen LogP contribution is 2.24. The second-order valence-electron chi connectivity index (χ2n) is 6.55. The zero-order valence-corrected chi connectivity index (χ0v) is 16.1. The van der Waals surface area contributed by atoms with Gasteiger partial charge in [0.1, 0.15) is 18.2 Å². The molecule has 0 unspecified atom stereocenters. The summed E-state index contributed by atoms with van der Waals surface area (Å²) in [6, 6.07) is 7.82. The van der Waals surface area contributed by atoms with Gasteiger partial charge in [-0.1, -0.05) is 0 Å². The standard InChI is InChI=1S/C20H23FN2O3S/c1-22(11-12-26-17-4-2-16(21)3-5-17)19(24)6-7-20(25)23-10-8-18-15(14-23)9-13-27-18/h2-5,9,13H,6-8,10-12,14H2,1H3. The van der Waals surface area contributed by atoms with Crippen LogP contribution in [0.3, 0.4) is 0 Å². The van der Waals surface area contributed by atoms with Crippen LogP contribution < -0.4 is 4.74 Å². The number of carbonyl (C=O) groups excluding carboxylic acids is 2. The predicted octanol–water partition coefficient (Wildman–Crippen LogP) is 3.09. The Labute approximate surface area is 162 Å². The van der Waals surface area contributed by atoms with Crippen molar-refractivity contribution in [1.29, 1.82) is 0 Å².